The molecule has 1 heterocycles. The summed E-state index contributed by atoms with van der Waals surface area (Å²) < 4.78 is 16.2. The van der Waals surface area contributed by atoms with Crippen molar-refractivity contribution < 1.29 is 14.0 Å². The Morgan fingerprint density at radius 1 is 1.22 bits per heavy atom. The van der Waals surface area contributed by atoms with Gasteiger partial charge in [0.15, 0.2) is 17.3 Å². The summed E-state index contributed by atoms with van der Waals surface area (Å²) >= 11 is 0. The minimum Gasteiger partial charge on any atom is -0.493 e. The molecule has 2 aromatic rings. The molecule has 1 aromatic carbocycles. The van der Waals surface area contributed by atoms with Gasteiger partial charge in [-0.25, -0.2) is 0 Å². The molecule has 2 N–H and O–H groups in total. The highest BCUT2D eigenvalue weighted by molar-refractivity contribution is 5.85. The molecule has 3 rings (SSSR count). The quantitative estimate of drug-likeness (QED) is 0.871. The number of ether oxygens (including phenoxy) is 2. The Hall–Kier alpha value is -1.79. The third-order valence-corrected chi connectivity index (χ3v) is 4.05. The number of halogens is 1. The Morgan fingerprint density at radius 3 is 2.61 bits per heavy atom. The van der Waals surface area contributed by atoms with Crippen LogP contribution in [0.5, 0.6) is 11.5 Å². The first-order valence-electron chi connectivity index (χ1n) is 7.59. The largest absolute Gasteiger partial charge is 0.493 e. The predicted octanol–water partition coefficient (Wildman–Crippen LogP) is 2.85. The number of hydrogen-bond acceptors (Lipinski definition) is 6. The summed E-state index contributed by atoms with van der Waals surface area (Å²) in [7, 11) is 1.62. The van der Waals surface area contributed by atoms with Crippen LogP contribution >= 0.6 is 12.4 Å². The molecule has 0 amide bonds. The SMILES string of the molecule is COc1ccccc1OCCc1nc(C2(N)CCCC2)no1.Cl. The van der Waals surface area contributed by atoms with E-state index >= 15 is 0 Å². The highest BCUT2D eigenvalue weighted by Gasteiger charge is 2.35. The molecule has 6 nitrogen and oxygen atoms in total. The van der Waals surface area contributed by atoms with Crippen molar-refractivity contribution in [3.05, 3.63) is 36.0 Å². The first kappa shape index (κ1) is 17.6. The highest BCUT2D eigenvalue weighted by atomic mass is 35.5. The maximum atomic E-state index is 6.32. The second-order valence-corrected chi connectivity index (χ2v) is 5.62. The van der Waals surface area contributed by atoms with Gasteiger partial charge in [0.05, 0.1) is 25.7 Å². The smallest absolute Gasteiger partial charge is 0.230 e. The van der Waals surface area contributed by atoms with Gasteiger partial charge in [-0.15, -0.1) is 12.4 Å². The molecule has 1 aromatic heterocycles. The summed E-state index contributed by atoms with van der Waals surface area (Å²) in [5.74, 6) is 2.59. The lowest BCUT2D eigenvalue weighted by Crippen LogP contribution is -2.34. The minimum absolute atomic E-state index is 0. The number of rotatable bonds is 6. The Bertz CT molecular complexity index is 627. The molecule has 1 saturated carbocycles. The van der Waals surface area contributed by atoms with E-state index in [-0.39, 0.29) is 12.4 Å². The molecule has 1 aliphatic rings. The van der Waals surface area contributed by atoms with Crippen molar-refractivity contribution in [1.29, 1.82) is 0 Å². The lowest BCUT2D eigenvalue weighted by molar-refractivity contribution is 0.276. The maximum absolute atomic E-state index is 6.32. The van der Waals surface area contributed by atoms with Crippen molar-refractivity contribution in [1.82, 2.24) is 10.1 Å². The van der Waals surface area contributed by atoms with Crippen LogP contribution < -0.4 is 15.2 Å². The van der Waals surface area contributed by atoms with Crippen molar-refractivity contribution in [2.45, 2.75) is 37.6 Å². The van der Waals surface area contributed by atoms with Crippen molar-refractivity contribution >= 4 is 12.4 Å². The molecule has 1 aliphatic carbocycles. The van der Waals surface area contributed by atoms with Crippen LogP contribution in [0.25, 0.3) is 0 Å². The molecular weight excluding hydrogens is 318 g/mol. The fourth-order valence-electron chi connectivity index (χ4n) is 2.77. The van der Waals surface area contributed by atoms with Crippen LogP contribution in [0, 0.1) is 0 Å². The molecule has 0 saturated heterocycles. The zero-order valence-corrected chi connectivity index (χ0v) is 14.0. The van der Waals surface area contributed by atoms with Crippen LogP contribution in [0.4, 0.5) is 0 Å². The zero-order chi connectivity index (χ0) is 15.4. The molecule has 0 atom stereocenters. The van der Waals surface area contributed by atoms with Crippen molar-refractivity contribution in [2.75, 3.05) is 13.7 Å². The molecule has 23 heavy (non-hydrogen) atoms. The number of para-hydroxylation sites is 2. The normalized spacial score (nSPS) is 15.9. The third kappa shape index (κ3) is 3.95. The van der Waals surface area contributed by atoms with E-state index in [1.165, 1.54) is 0 Å². The molecule has 0 bridgehead atoms. The summed E-state index contributed by atoms with van der Waals surface area (Å²) in [6.07, 6.45) is 4.63. The van der Waals surface area contributed by atoms with E-state index in [2.05, 4.69) is 10.1 Å². The Morgan fingerprint density at radius 2 is 1.91 bits per heavy atom. The molecule has 126 valence electrons. The predicted molar refractivity (Wildman–Crippen MR) is 88.1 cm³/mol. The van der Waals surface area contributed by atoms with Gasteiger partial charge in [0.25, 0.3) is 0 Å². The van der Waals surface area contributed by atoms with E-state index in [1.54, 1.807) is 7.11 Å². The summed E-state index contributed by atoms with van der Waals surface area (Å²) in [5, 5.41) is 4.04. The molecule has 1 fully saturated rings. The van der Waals surface area contributed by atoms with Gasteiger partial charge in [-0.05, 0) is 25.0 Å². The van der Waals surface area contributed by atoms with Gasteiger partial charge >= 0.3 is 0 Å². The van der Waals surface area contributed by atoms with Gasteiger partial charge < -0.3 is 19.7 Å². The summed E-state index contributed by atoms with van der Waals surface area (Å²) in [5.41, 5.74) is 5.91. The van der Waals surface area contributed by atoms with Gasteiger partial charge in [-0.1, -0.05) is 30.1 Å². The van der Waals surface area contributed by atoms with Gasteiger partial charge in [0.2, 0.25) is 5.89 Å². The van der Waals surface area contributed by atoms with Crippen LogP contribution in [-0.2, 0) is 12.0 Å². The van der Waals surface area contributed by atoms with Crippen LogP contribution in [-0.4, -0.2) is 23.9 Å². The second-order valence-electron chi connectivity index (χ2n) is 5.62. The average molecular weight is 340 g/mol. The number of benzene rings is 1. The van der Waals surface area contributed by atoms with Crippen molar-refractivity contribution in [3.63, 3.8) is 0 Å². The van der Waals surface area contributed by atoms with Gasteiger partial charge in [-0.2, -0.15) is 4.98 Å². The van der Waals surface area contributed by atoms with E-state index < -0.39 is 5.54 Å². The average Bonchev–Trinajstić information content (AvgIpc) is 3.18. The highest BCUT2D eigenvalue weighted by Crippen LogP contribution is 2.34. The Balaban J connectivity index is 0.00000192. The van der Waals surface area contributed by atoms with E-state index in [4.69, 9.17) is 19.7 Å². The van der Waals surface area contributed by atoms with E-state index in [1.807, 2.05) is 24.3 Å². The lowest BCUT2D eigenvalue weighted by atomic mass is 9.99. The number of aromatic nitrogens is 2. The van der Waals surface area contributed by atoms with E-state index in [0.717, 1.165) is 25.7 Å². The van der Waals surface area contributed by atoms with Crippen molar-refractivity contribution in [2.24, 2.45) is 5.73 Å². The Labute approximate surface area is 141 Å². The first-order chi connectivity index (χ1) is 10.7. The van der Waals surface area contributed by atoms with Gasteiger partial charge in [0.1, 0.15) is 0 Å². The van der Waals surface area contributed by atoms with Gasteiger partial charge in [-0.3, -0.25) is 0 Å². The van der Waals surface area contributed by atoms with E-state index in [9.17, 15) is 0 Å². The third-order valence-electron chi connectivity index (χ3n) is 4.05. The van der Waals surface area contributed by atoms with Crippen LogP contribution in [0.15, 0.2) is 28.8 Å². The Kier molecular flexibility index (Phi) is 5.85. The summed E-state index contributed by atoms with van der Waals surface area (Å²) in [4.78, 5) is 4.42. The lowest BCUT2D eigenvalue weighted by Gasteiger charge is -2.17. The molecule has 0 spiro atoms. The standard InChI is InChI=1S/C16H21N3O3.ClH/c1-20-12-6-2-3-7-13(12)21-11-8-14-18-15(19-22-14)16(17)9-4-5-10-16;/h2-3,6-7H,4-5,8-11,17H2,1H3;1H. The number of nitrogens with zero attached hydrogens (tertiary/aromatic N) is 2. The first-order valence-corrected chi connectivity index (χ1v) is 7.59. The molecule has 7 heteroatoms. The molecule has 0 radical (unpaired) electrons. The fourth-order valence-corrected chi connectivity index (χ4v) is 2.77. The van der Waals surface area contributed by atoms with E-state index in [0.29, 0.717) is 36.2 Å². The molecule has 0 aliphatic heterocycles. The monoisotopic (exact) mass is 339 g/mol. The number of methoxy groups -OCH3 is 1. The topological polar surface area (TPSA) is 83.4 Å². The van der Waals surface area contributed by atoms with Gasteiger partial charge in [0, 0.05) is 0 Å². The van der Waals surface area contributed by atoms with Crippen LogP contribution in [0.3, 0.4) is 0 Å². The zero-order valence-electron chi connectivity index (χ0n) is 13.2. The second kappa shape index (κ2) is 7.66. The number of nitrogens with two attached hydrogens (primary N) is 1. The number of hydrogen-bond donors (Lipinski definition) is 1. The van der Waals surface area contributed by atoms with Crippen molar-refractivity contribution in [3.8, 4) is 11.5 Å². The maximum Gasteiger partial charge on any atom is 0.230 e. The minimum atomic E-state index is -0.411. The molecule has 0 unspecified atom stereocenters. The molecular formula is C16H22ClN3O3. The van der Waals surface area contributed by atoms with Crippen LogP contribution in [0.1, 0.15) is 37.4 Å². The van der Waals surface area contributed by atoms with Crippen LogP contribution in [0.2, 0.25) is 0 Å². The summed E-state index contributed by atoms with van der Waals surface area (Å²) in [6, 6.07) is 7.53. The summed E-state index contributed by atoms with van der Waals surface area (Å²) in [6.45, 7) is 0.444. The fraction of sp³-hybridized carbons (Fsp3) is 0.500.